The van der Waals surface area contributed by atoms with Crippen molar-refractivity contribution in [3.05, 3.63) is 23.9 Å². The molecule has 0 aromatic carbocycles. The molecular weight excluding hydrogens is 238 g/mol. The Labute approximate surface area is 115 Å². The molecule has 2 atom stereocenters. The average molecular weight is 261 g/mol. The van der Waals surface area contributed by atoms with Gasteiger partial charge in [-0.2, -0.15) is 0 Å². The smallest absolute Gasteiger partial charge is 0.133 e. The van der Waals surface area contributed by atoms with E-state index in [-0.39, 0.29) is 6.10 Å². The maximum atomic E-state index is 5.67. The highest BCUT2D eigenvalue weighted by Crippen LogP contribution is 2.26. The Balaban J connectivity index is 1.74. The molecule has 3 rings (SSSR count). The summed E-state index contributed by atoms with van der Waals surface area (Å²) in [6.07, 6.45) is 5.89. The van der Waals surface area contributed by atoms with E-state index in [0.717, 1.165) is 31.4 Å². The van der Waals surface area contributed by atoms with Gasteiger partial charge >= 0.3 is 0 Å². The lowest BCUT2D eigenvalue weighted by atomic mass is 10.1. The first-order chi connectivity index (χ1) is 9.25. The zero-order valence-corrected chi connectivity index (χ0v) is 11.8. The number of pyridine rings is 1. The Morgan fingerprint density at radius 1 is 1.42 bits per heavy atom. The lowest BCUT2D eigenvalue weighted by Crippen LogP contribution is -2.38. The molecule has 0 spiro atoms. The summed E-state index contributed by atoms with van der Waals surface area (Å²) in [5.41, 5.74) is 1.29. The number of hydrogen-bond acceptors (Lipinski definition) is 4. The number of nitrogens with one attached hydrogen (secondary N) is 1. The molecule has 1 N–H and O–H groups in total. The molecule has 2 unspecified atom stereocenters. The zero-order valence-electron chi connectivity index (χ0n) is 11.8. The van der Waals surface area contributed by atoms with E-state index < -0.39 is 0 Å². The number of likely N-dealkylation sites (N-methyl/N-ethyl adjacent to an activating group) is 1. The van der Waals surface area contributed by atoms with Crippen LogP contribution in [0.15, 0.2) is 18.3 Å². The molecule has 1 aliphatic carbocycles. The van der Waals surface area contributed by atoms with Crippen molar-refractivity contribution in [2.75, 3.05) is 18.6 Å². The van der Waals surface area contributed by atoms with E-state index >= 15 is 0 Å². The van der Waals surface area contributed by atoms with Gasteiger partial charge in [-0.25, -0.2) is 4.98 Å². The minimum absolute atomic E-state index is 0.288. The van der Waals surface area contributed by atoms with Gasteiger partial charge in [0.15, 0.2) is 0 Å². The molecule has 2 fully saturated rings. The molecule has 1 aromatic heterocycles. The second kappa shape index (κ2) is 5.47. The molecule has 4 nitrogen and oxygen atoms in total. The van der Waals surface area contributed by atoms with Gasteiger partial charge in [-0.15, -0.1) is 0 Å². The standard InChI is InChI=1S/C15H23N3O/c1-11-14(7-9-19-11)18(2)15-12(4-3-8-16-15)10-17-13-5-6-13/h3-4,8,11,13-14,17H,5-7,9-10H2,1-2H3. The van der Waals surface area contributed by atoms with Crippen LogP contribution in [0.2, 0.25) is 0 Å². The molecule has 1 saturated heterocycles. The van der Waals surface area contributed by atoms with Gasteiger partial charge in [-0.1, -0.05) is 6.07 Å². The molecule has 0 amide bonds. The third-order valence-corrected chi connectivity index (χ3v) is 4.19. The van der Waals surface area contributed by atoms with Crippen LogP contribution >= 0.6 is 0 Å². The Morgan fingerprint density at radius 2 is 2.26 bits per heavy atom. The molecule has 2 aliphatic rings. The number of aromatic nitrogens is 1. The van der Waals surface area contributed by atoms with E-state index in [9.17, 15) is 0 Å². The fourth-order valence-electron chi connectivity index (χ4n) is 2.81. The molecule has 1 aliphatic heterocycles. The van der Waals surface area contributed by atoms with Crippen LogP contribution in [0.4, 0.5) is 5.82 Å². The summed E-state index contributed by atoms with van der Waals surface area (Å²) in [4.78, 5) is 6.88. The predicted octanol–water partition coefficient (Wildman–Crippen LogP) is 1.95. The molecule has 4 heteroatoms. The van der Waals surface area contributed by atoms with Crippen molar-refractivity contribution in [1.29, 1.82) is 0 Å². The minimum Gasteiger partial charge on any atom is -0.376 e. The normalized spacial score (nSPS) is 26.6. The highest BCUT2D eigenvalue weighted by Gasteiger charge is 2.29. The van der Waals surface area contributed by atoms with E-state index in [1.54, 1.807) is 0 Å². The van der Waals surface area contributed by atoms with Crippen molar-refractivity contribution in [2.24, 2.45) is 0 Å². The van der Waals surface area contributed by atoms with Gasteiger partial charge in [0, 0.05) is 38.0 Å². The van der Waals surface area contributed by atoms with Gasteiger partial charge in [0.2, 0.25) is 0 Å². The first-order valence-corrected chi connectivity index (χ1v) is 7.27. The van der Waals surface area contributed by atoms with Crippen LogP contribution in [0, 0.1) is 0 Å². The number of hydrogen-bond donors (Lipinski definition) is 1. The summed E-state index contributed by atoms with van der Waals surface area (Å²) in [5.74, 6) is 1.10. The Bertz CT molecular complexity index is 433. The van der Waals surface area contributed by atoms with Crippen molar-refractivity contribution in [1.82, 2.24) is 10.3 Å². The summed E-state index contributed by atoms with van der Waals surface area (Å²) in [6.45, 7) is 3.93. The van der Waals surface area contributed by atoms with Crippen LogP contribution in [-0.2, 0) is 11.3 Å². The van der Waals surface area contributed by atoms with Gasteiger partial charge in [-0.05, 0) is 32.3 Å². The molecule has 1 saturated carbocycles. The van der Waals surface area contributed by atoms with Crippen LogP contribution < -0.4 is 10.2 Å². The second-order valence-corrected chi connectivity index (χ2v) is 5.68. The fourth-order valence-corrected chi connectivity index (χ4v) is 2.81. The van der Waals surface area contributed by atoms with Crippen LogP contribution in [0.1, 0.15) is 31.7 Å². The third kappa shape index (κ3) is 2.90. The highest BCUT2D eigenvalue weighted by atomic mass is 16.5. The highest BCUT2D eigenvalue weighted by molar-refractivity contribution is 5.47. The molecule has 0 bridgehead atoms. The van der Waals surface area contributed by atoms with Crippen LogP contribution in [0.5, 0.6) is 0 Å². The van der Waals surface area contributed by atoms with Crippen molar-refractivity contribution < 1.29 is 4.74 Å². The maximum Gasteiger partial charge on any atom is 0.133 e. The lowest BCUT2D eigenvalue weighted by molar-refractivity contribution is 0.118. The summed E-state index contributed by atoms with van der Waals surface area (Å²) >= 11 is 0. The number of anilines is 1. The quantitative estimate of drug-likeness (QED) is 0.879. The predicted molar refractivity (Wildman–Crippen MR) is 76.3 cm³/mol. The van der Waals surface area contributed by atoms with Gasteiger partial charge in [-0.3, -0.25) is 0 Å². The lowest BCUT2D eigenvalue weighted by Gasteiger charge is -2.29. The Morgan fingerprint density at radius 3 is 2.95 bits per heavy atom. The molecular formula is C15H23N3O. The van der Waals surface area contributed by atoms with Gasteiger partial charge < -0.3 is 15.0 Å². The van der Waals surface area contributed by atoms with Gasteiger partial charge in [0.05, 0.1) is 12.1 Å². The Hall–Kier alpha value is -1.13. The number of ether oxygens (including phenoxy) is 1. The summed E-state index contributed by atoms with van der Waals surface area (Å²) in [7, 11) is 2.14. The summed E-state index contributed by atoms with van der Waals surface area (Å²) in [6, 6.07) is 5.37. The largest absolute Gasteiger partial charge is 0.376 e. The van der Waals surface area contributed by atoms with Gasteiger partial charge in [0.1, 0.15) is 5.82 Å². The topological polar surface area (TPSA) is 37.4 Å². The van der Waals surface area contributed by atoms with E-state index in [4.69, 9.17) is 4.74 Å². The molecule has 1 aromatic rings. The van der Waals surface area contributed by atoms with Crippen molar-refractivity contribution in [3.8, 4) is 0 Å². The van der Waals surface area contributed by atoms with Gasteiger partial charge in [0.25, 0.3) is 0 Å². The number of nitrogens with zero attached hydrogens (tertiary/aromatic N) is 2. The van der Waals surface area contributed by atoms with E-state index in [1.807, 2.05) is 12.3 Å². The monoisotopic (exact) mass is 261 g/mol. The fraction of sp³-hybridized carbons (Fsp3) is 0.667. The number of rotatable bonds is 5. The Kier molecular flexibility index (Phi) is 3.71. The van der Waals surface area contributed by atoms with Crippen LogP contribution in [-0.4, -0.2) is 36.8 Å². The van der Waals surface area contributed by atoms with E-state index in [0.29, 0.717) is 6.04 Å². The zero-order chi connectivity index (χ0) is 13.2. The van der Waals surface area contributed by atoms with E-state index in [2.05, 4.69) is 35.2 Å². The molecule has 104 valence electrons. The molecule has 19 heavy (non-hydrogen) atoms. The minimum atomic E-state index is 0.288. The third-order valence-electron chi connectivity index (χ3n) is 4.19. The van der Waals surface area contributed by atoms with Crippen LogP contribution in [0.3, 0.4) is 0 Å². The van der Waals surface area contributed by atoms with Crippen molar-refractivity contribution >= 4 is 5.82 Å². The summed E-state index contributed by atoms with van der Waals surface area (Å²) < 4.78 is 5.67. The first kappa shape index (κ1) is 12.9. The van der Waals surface area contributed by atoms with Crippen LogP contribution in [0.25, 0.3) is 0 Å². The van der Waals surface area contributed by atoms with Crippen molar-refractivity contribution in [3.63, 3.8) is 0 Å². The first-order valence-electron chi connectivity index (χ1n) is 7.27. The van der Waals surface area contributed by atoms with Crippen molar-refractivity contribution in [2.45, 2.75) is 50.9 Å². The van der Waals surface area contributed by atoms with E-state index in [1.165, 1.54) is 18.4 Å². The molecule has 2 heterocycles. The summed E-state index contributed by atoms with van der Waals surface area (Å²) in [5, 5.41) is 3.57. The average Bonchev–Trinajstić information content (AvgIpc) is 3.17. The maximum absolute atomic E-state index is 5.67. The SMILES string of the molecule is CC1OCCC1N(C)c1ncccc1CNC1CC1. The molecule has 0 radical (unpaired) electrons. The second-order valence-electron chi connectivity index (χ2n) is 5.68.